The predicted octanol–water partition coefficient (Wildman–Crippen LogP) is 5.60. The normalized spacial score (nSPS) is 18.2. The number of carbonyl (C=O) groups is 2. The lowest BCUT2D eigenvalue weighted by Gasteiger charge is -2.10. The lowest BCUT2D eigenvalue weighted by molar-refractivity contribution is -0.137. The molecule has 1 fully saturated rings. The van der Waals surface area contributed by atoms with Gasteiger partial charge in [-0.15, -0.1) is 0 Å². The Kier molecular flexibility index (Phi) is 6.64. The van der Waals surface area contributed by atoms with Crippen LogP contribution in [0.1, 0.15) is 12.0 Å². The summed E-state index contributed by atoms with van der Waals surface area (Å²) in [5, 5.41) is 2.77. The highest BCUT2D eigenvalue weighted by Crippen LogP contribution is 2.34. The van der Waals surface area contributed by atoms with Crippen LogP contribution in [-0.4, -0.2) is 34.2 Å². The molecular weight excluding hydrogens is 462 g/mol. The SMILES string of the molecule is CN1C(=O)[C@H](CC(=O)Nc2cc(Cl)cc(Cl)c2)SC1=Nc1cccc(C(F)(F)F)c1. The van der Waals surface area contributed by atoms with Crippen molar-refractivity contribution in [1.29, 1.82) is 0 Å². The number of thioether (sulfide) groups is 1. The molecule has 0 saturated carbocycles. The molecule has 2 amide bonds. The molecule has 1 heterocycles. The number of hydrogen-bond donors (Lipinski definition) is 1. The lowest BCUT2D eigenvalue weighted by atomic mass is 10.2. The zero-order chi connectivity index (χ0) is 22.1. The molecule has 0 unspecified atom stereocenters. The molecule has 0 radical (unpaired) electrons. The third-order valence-corrected chi connectivity index (χ3v) is 5.72. The number of amides is 2. The van der Waals surface area contributed by atoms with Crippen LogP contribution >= 0.6 is 35.0 Å². The number of nitrogens with one attached hydrogen (secondary N) is 1. The maximum Gasteiger partial charge on any atom is 0.416 e. The topological polar surface area (TPSA) is 61.8 Å². The Bertz CT molecular complexity index is 1010. The van der Waals surface area contributed by atoms with Gasteiger partial charge in [-0.1, -0.05) is 41.0 Å². The number of benzene rings is 2. The first kappa shape index (κ1) is 22.5. The fourth-order valence-corrected chi connectivity index (χ4v) is 4.35. The first-order chi connectivity index (χ1) is 14.0. The second-order valence-corrected chi connectivity index (χ2v) is 8.40. The molecule has 0 aliphatic carbocycles. The average molecular weight is 476 g/mol. The van der Waals surface area contributed by atoms with Gasteiger partial charge in [0.25, 0.3) is 0 Å². The third kappa shape index (κ3) is 5.47. The molecule has 2 aromatic rings. The molecule has 1 aliphatic heterocycles. The molecule has 5 nitrogen and oxygen atoms in total. The average Bonchev–Trinajstić information content (AvgIpc) is 2.88. The number of aliphatic imine (C=N–C) groups is 1. The first-order valence-electron chi connectivity index (χ1n) is 8.49. The van der Waals surface area contributed by atoms with Gasteiger partial charge in [0.2, 0.25) is 11.8 Å². The molecule has 0 spiro atoms. The Morgan fingerprint density at radius 3 is 2.50 bits per heavy atom. The lowest BCUT2D eigenvalue weighted by Crippen LogP contribution is -2.30. The van der Waals surface area contributed by atoms with Crippen LogP contribution in [-0.2, 0) is 15.8 Å². The highest BCUT2D eigenvalue weighted by Gasteiger charge is 2.37. The number of rotatable bonds is 4. The monoisotopic (exact) mass is 475 g/mol. The van der Waals surface area contributed by atoms with E-state index in [0.29, 0.717) is 15.7 Å². The maximum absolute atomic E-state index is 12.9. The first-order valence-corrected chi connectivity index (χ1v) is 10.1. The summed E-state index contributed by atoms with van der Waals surface area (Å²) in [4.78, 5) is 30.1. The van der Waals surface area contributed by atoms with Gasteiger partial charge in [0.05, 0.1) is 11.3 Å². The van der Waals surface area contributed by atoms with Crippen LogP contribution in [0.15, 0.2) is 47.5 Å². The highest BCUT2D eigenvalue weighted by atomic mass is 35.5. The molecule has 0 bridgehead atoms. The van der Waals surface area contributed by atoms with Crippen molar-refractivity contribution in [2.75, 3.05) is 12.4 Å². The van der Waals surface area contributed by atoms with Crippen LogP contribution in [0.25, 0.3) is 0 Å². The minimum atomic E-state index is -4.50. The van der Waals surface area contributed by atoms with E-state index < -0.39 is 22.9 Å². The van der Waals surface area contributed by atoms with Gasteiger partial charge < -0.3 is 5.32 Å². The number of hydrogen-bond acceptors (Lipinski definition) is 4. The van der Waals surface area contributed by atoms with E-state index in [4.69, 9.17) is 23.2 Å². The molecular formula is C19H14Cl2F3N3O2S. The summed E-state index contributed by atoms with van der Waals surface area (Å²) in [5.74, 6) is -0.807. The van der Waals surface area contributed by atoms with Gasteiger partial charge in [0, 0.05) is 29.2 Å². The standard InChI is InChI=1S/C19H14Cl2F3N3O2S/c1-27-17(29)15(9-16(28)25-14-7-11(20)6-12(21)8-14)30-18(27)26-13-4-2-3-10(5-13)19(22,23)24/h2-8,15H,9H2,1H3,(H,25,28)/t15-/m0/s1. The van der Waals surface area contributed by atoms with Crippen molar-refractivity contribution in [3.8, 4) is 0 Å². The van der Waals surface area contributed by atoms with Crippen LogP contribution in [0.2, 0.25) is 10.0 Å². The summed E-state index contributed by atoms with van der Waals surface area (Å²) < 4.78 is 38.6. The van der Waals surface area contributed by atoms with Gasteiger partial charge in [-0.25, -0.2) is 4.99 Å². The van der Waals surface area contributed by atoms with E-state index in [-0.39, 0.29) is 23.2 Å². The second-order valence-electron chi connectivity index (χ2n) is 6.36. The van der Waals surface area contributed by atoms with E-state index in [9.17, 15) is 22.8 Å². The largest absolute Gasteiger partial charge is 0.416 e. The van der Waals surface area contributed by atoms with Gasteiger partial charge in [0.15, 0.2) is 5.17 Å². The minimum absolute atomic E-state index is 0.0608. The van der Waals surface area contributed by atoms with Crippen LogP contribution in [0, 0.1) is 0 Å². The van der Waals surface area contributed by atoms with Crippen molar-refractivity contribution in [2.24, 2.45) is 4.99 Å². The fraction of sp³-hybridized carbons (Fsp3) is 0.211. The van der Waals surface area contributed by atoms with Crippen molar-refractivity contribution in [1.82, 2.24) is 4.90 Å². The molecule has 3 rings (SSSR count). The van der Waals surface area contributed by atoms with Crippen molar-refractivity contribution in [3.05, 3.63) is 58.1 Å². The molecule has 158 valence electrons. The molecule has 11 heteroatoms. The third-order valence-electron chi connectivity index (χ3n) is 4.06. The van der Waals surface area contributed by atoms with E-state index in [1.54, 1.807) is 0 Å². The summed E-state index contributed by atoms with van der Waals surface area (Å²) in [6, 6.07) is 9.03. The summed E-state index contributed by atoms with van der Waals surface area (Å²) in [6.45, 7) is 0. The van der Waals surface area contributed by atoms with Crippen LogP contribution in [0.4, 0.5) is 24.5 Å². The summed E-state index contributed by atoms with van der Waals surface area (Å²) in [5.41, 5.74) is -0.387. The second kappa shape index (κ2) is 8.87. The van der Waals surface area contributed by atoms with E-state index in [0.717, 1.165) is 23.9 Å². The van der Waals surface area contributed by atoms with E-state index in [1.807, 2.05) is 0 Å². The maximum atomic E-state index is 12.9. The molecule has 2 aromatic carbocycles. The van der Waals surface area contributed by atoms with Crippen LogP contribution < -0.4 is 5.32 Å². The number of amidine groups is 1. The molecule has 30 heavy (non-hydrogen) atoms. The Morgan fingerprint density at radius 2 is 1.87 bits per heavy atom. The summed E-state index contributed by atoms with van der Waals surface area (Å²) in [7, 11) is 1.45. The Labute approximate surface area is 184 Å². The number of carbonyl (C=O) groups excluding carboxylic acids is 2. The summed E-state index contributed by atoms with van der Waals surface area (Å²) >= 11 is 12.8. The Balaban J connectivity index is 1.71. The van der Waals surface area contributed by atoms with Crippen LogP contribution in [0.3, 0.4) is 0 Å². The van der Waals surface area contributed by atoms with E-state index >= 15 is 0 Å². The highest BCUT2D eigenvalue weighted by molar-refractivity contribution is 8.15. The zero-order valence-corrected chi connectivity index (χ0v) is 17.7. The quantitative estimate of drug-likeness (QED) is 0.625. The van der Waals surface area contributed by atoms with Gasteiger partial charge in [-0.05, 0) is 36.4 Å². The van der Waals surface area contributed by atoms with E-state index in [1.165, 1.54) is 42.3 Å². The summed E-state index contributed by atoms with van der Waals surface area (Å²) in [6.07, 6.45) is -4.65. The van der Waals surface area contributed by atoms with E-state index in [2.05, 4.69) is 10.3 Å². The molecule has 1 N–H and O–H groups in total. The molecule has 1 saturated heterocycles. The van der Waals surface area contributed by atoms with Crippen LogP contribution in [0.5, 0.6) is 0 Å². The molecule has 1 atom stereocenters. The number of anilines is 1. The van der Waals surface area contributed by atoms with Crippen molar-refractivity contribution >= 4 is 63.3 Å². The fourth-order valence-electron chi connectivity index (χ4n) is 2.67. The van der Waals surface area contributed by atoms with Gasteiger partial charge in [-0.2, -0.15) is 13.2 Å². The number of alkyl halides is 3. The van der Waals surface area contributed by atoms with Gasteiger partial charge >= 0.3 is 6.18 Å². The van der Waals surface area contributed by atoms with Gasteiger partial charge in [-0.3, -0.25) is 14.5 Å². The Morgan fingerprint density at radius 1 is 1.20 bits per heavy atom. The van der Waals surface area contributed by atoms with Gasteiger partial charge in [0.1, 0.15) is 5.25 Å². The molecule has 0 aromatic heterocycles. The number of nitrogens with zero attached hydrogens (tertiary/aromatic N) is 2. The van der Waals surface area contributed by atoms with Crippen molar-refractivity contribution in [2.45, 2.75) is 17.8 Å². The molecule has 1 aliphatic rings. The minimum Gasteiger partial charge on any atom is -0.326 e. The smallest absolute Gasteiger partial charge is 0.326 e. The zero-order valence-electron chi connectivity index (χ0n) is 15.3. The predicted molar refractivity (Wildman–Crippen MR) is 112 cm³/mol. The van der Waals surface area contributed by atoms with Crippen molar-refractivity contribution < 1.29 is 22.8 Å². The number of halogens is 5. The Hall–Kier alpha value is -2.23. The van der Waals surface area contributed by atoms with Crippen molar-refractivity contribution in [3.63, 3.8) is 0 Å².